The largest absolute Gasteiger partial charge is 0.399 e. The highest BCUT2D eigenvalue weighted by molar-refractivity contribution is 7.90. The Bertz CT molecular complexity index is 770. The van der Waals surface area contributed by atoms with Gasteiger partial charge in [-0.05, 0) is 25.0 Å². The summed E-state index contributed by atoms with van der Waals surface area (Å²) < 4.78 is 55.7. The van der Waals surface area contributed by atoms with E-state index in [1.165, 1.54) is 12.1 Å². The van der Waals surface area contributed by atoms with E-state index in [0.29, 0.717) is 0 Å². The topological polar surface area (TPSA) is 107 Å². The van der Waals surface area contributed by atoms with Crippen LogP contribution in [-0.2, 0) is 28.8 Å². The molecule has 0 atom stereocenters. The Morgan fingerprint density at radius 3 is 2.50 bits per heavy atom. The molecule has 1 amide bonds. The molecule has 0 saturated carbocycles. The van der Waals surface area contributed by atoms with E-state index >= 15 is 0 Å². The van der Waals surface area contributed by atoms with Crippen LogP contribution in [0.4, 0.5) is 0 Å². The SMILES string of the molecule is COS(=O)(=O)OCCCCN1C(=O)c2ccccc2S1(=O)=O. The molecule has 0 N–H and O–H groups in total. The predicted octanol–water partition coefficient (Wildman–Crippen LogP) is 0.519. The Kier molecular flexibility index (Phi) is 4.85. The molecule has 0 spiro atoms. The number of fused-ring (bicyclic) bond motifs is 1. The molecule has 8 nitrogen and oxygen atoms in total. The first-order chi connectivity index (χ1) is 10.3. The summed E-state index contributed by atoms with van der Waals surface area (Å²) >= 11 is 0. The third-order valence-electron chi connectivity index (χ3n) is 3.10. The van der Waals surface area contributed by atoms with E-state index in [-0.39, 0.29) is 36.5 Å². The number of carbonyl (C=O) groups is 1. The van der Waals surface area contributed by atoms with Crippen molar-refractivity contribution in [2.24, 2.45) is 0 Å². The Balaban J connectivity index is 1.94. The Morgan fingerprint density at radius 2 is 1.86 bits per heavy atom. The molecule has 0 bridgehead atoms. The average Bonchev–Trinajstić information content (AvgIpc) is 2.68. The van der Waals surface area contributed by atoms with Gasteiger partial charge in [0.2, 0.25) is 0 Å². The number of hydrogen-bond donors (Lipinski definition) is 0. The van der Waals surface area contributed by atoms with Crippen LogP contribution in [0.5, 0.6) is 0 Å². The molecule has 0 unspecified atom stereocenters. The summed E-state index contributed by atoms with van der Waals surface area (Å²) in [6.45, 7) is -0.183. The Labute approximate surface area is 129 Å². The highest BCUT2D eigenvalue weighted by Gasteiger charge is 2.40. The summed E-state index contributed by atoms with van der Waals surface area (Å²) in [5.41, 5.74) is 0.153. The summed E-state index contributed by atoms with van der Waals surface area (Å²) in [6.07, 6.45) is 0.538. The van der Waals surface area contributed by atoms with Gasteiger partial charge in [0.25, 0.3) is 15.9 Å². The summed E-state index contributed by atoms with van der Waals surface area (Å²) in [4.78, 5) is 12.1. The molecule has 0 radical (unpaired) electrons. The second-order valence-electron chi connectivity index (χ2n) is 4.48. The van der Waals surface area contributed by atoms with Gasteiger partial charge in [-0.3, -0.25) is 8.98 Å². The molecule has 1 aromatic carbocycles. The van der Waals surface area contributed by atoms with E-state index in [2.05, 4.69) is 8.37 Å². The van der Waals surface area contributed by atoms with Gasteiger partial charge in [0.15, 0.2) is 0 Å². The van der Waals surface area contributed by atoms with Crippen LogP contribution < -0.4 is 0 Å². The Hall–Kier alpha value is -1.49. The highest BCUT2D eigenvalue weighted by atomic mass is 32.3. The lowest BCUT2D eigenvalue weighted by atomic mass is 10.2. The van der Waals surface area contributed by atoms with Crippen LogP contribution in [0.3, 0.4) is 0 Å². The lowest BCUT2D eigenvalue weighted by molar-refractivity contribution is 0.0868. The van der Waals surface area contributed by atoms with Crippen LogP contribution in [0.1, 0.15) is 23.2 Å². The number of nitrogens with zero attached hydrogens (tertiary/aromatic N) is 1. The van der Waals surface area contributed by atoms with Gasteiger partial charge in [0, 0.05) is 6.54 Å². The fourth-order valence-corrected chi connectivity index (χ4v) is 4.04. The lowest BCUT2D eigenvalue weighted by Crippen LogP contribution is -2.31. The van der Waals surface area contributed by atoms with Gasteiger partial charge in [0.1, 0.15) is 4.90 Å². The zero-order valence-electron chi connectivity index (χ0n) is 11.8. The standard InChI is InChI=1S/C12H15NO7S2/c1-19-22(17,18)20-9-5-4-8-13-12(14)10-6-2-3-7-11(10)21(13,15)16/h2-3,6-7H,4-5,8-9H2,1H3. The fraction of sp³-hybridized carbons (Fsp3) is 0.417. The average molecular weight is 349 g/mol. The third kappa shape index (κ3) is 3.29. The van der Waals surface area contributed by atoms with Gasteiger partial charge in [-0.1, -0.05) is 12.1 Å². The molecule has 0 saturated heterocycles. The van der Waals surface area contributed by atoms with Crippen LogP contribution >= 0.6 is 0 Å². The first-order valence-electron chi connectivity index (χ1n) is 6.40. The van der Waals surface area contributed by atoms with Gasteiger partial charge < -0.3 is 0 Å². The van der Waals surface area contributed by atoms with Crippen molar-refractivity contribution in [3.8, 4) is 0 Å². The molecule has 122 valence electrons. The quantitative estimate of drug-likeness (QED) is 0.660. The van der Waals surface area contributed by atoms with E-state index in [1.54, 1.807) is 12.1 Å². The highest BCUT2D eigenvalue weighted by Crippen LogP contribution is 2.29. The van der Waals surface area contributed by atoms with Gasteiger partial charge in [-0.2, -0.15) is 8.42 Å². The van der Waals surface area contributed by atoms with E-state index in [9.17, 15) is 21.6 Å². The molecule has 1 heterocycles. The van der Waals surface area contributed by atoms with Crippen LogP contribution in [0.2, 0.25) is 0 Å². The summed E-state index contributed by atoms with van der Waals surface area (Å²) in [6, 6.07) is 6.00. The third-order valence-corrected chi connectivity index (χ3v) is 5.80. The van der Waals surface area contributed by atoms with Gasteiger partial charge >= 0.3 is 10.4 Å². The normalized spacial score (nSPS) is 16.8. The molecular weight excluding hydrogens is 334 g/mol. The molecule has 0 fully saturated rings. The number of rotatable bonds is 7. The van der Waals surface area contributed by atoms with Gasteiger partial charge in [-0.25, -0.2) is 16.9 Å². The van der Waals surface area contributed by atoms with Crippen LogP contribution in [0.25, 0.3) is 0 Å². The number of sulfonamides is 1. The number of carbonyl (C=O) groups excluding carboxylic acids is 1. The maximum Gasteiger partial charge on any atom is 0.399 e. The number of benzene rings is 1. The Morgan fingerprint density at radius 1 is 1.18 bits per heavy atom. The monoisotopic (exact) mass is 349 g/mol. The summed E-state index contributed by atoms with van der Waals surface area (Å²) in [7, 11) is -6.84. The molecular formula is C12H15NO7S2. The first kappa shape index (κ1) is 16.9. The van der Waals surface area contributed by atoms with Crippen LogP contribution in [0, 0.1) is 0 Å². The zero-order valence-corrected chi connectivity index (χ0v) is 13.4. The number of amides is 1. The molecule has 0 aliphatic carbocycles. The zero-order chi connectivity index (χ0) is 16.4. The van der Waals surface area contributed by atoms with Gasteiger partial charge in [0.05, 0.1) is 19.3 Å². The summed E-state index contributed by atoms with van der Waals surface area (Å²) in [5, 5.41) is 0. The van der Waals surface area contributed by atoms with Crippen molar-refractivity contribution in [3.05, 3.63) is 29.8 Å². The molecule has 1 aliphatic rings. The van der Waals surface area contributed by atoms with Crippen molar-refractivity contribution in [1.82, 2.24) is 4.31 Å². The second-order valence-corrected chi connectivity index (χ2v) is 7.70. The fourth-order valence-electron chi connectivity index (χ4n) is 2.02. The van der Waals surface area contributed by atoms with Crippen molar-refractivity contribution in [2.75, 3.05) is 20.3 Å². The maximum absolute atomic E-state index is 12.2. The van der Waals surface area contributed by atoms with Gasteiger partial charge in [-0.15, -0.1) is 0 Å². The molecule has 1 aromatic rings. The second kappa shape index (κ2) is 6.32. The van der Waals surface area contributed by atoms with E-state index in [1.807, 2.05) is 0 Å². The predicted molar refractivity (Wildman–Crippen MR) is 75.8 cm³/mol. The van der Waals surface area contributed by atoms with Crippen LogP contribution in [0.15, 0.2) is 29.2 Å². The molecule has 2 rings (SSSR count). The van der Waals surface area contributed by atoms with Crippen molar-refractivity contribution in [3.63, 3.8) is 0 Å². The van der Waals surface area contributed by atoms with Crippen LogP contribution in [-0.4, -0.2) is 47.3 Å². The minimum absolute atomic E-state index is 0.00166. The number of hydrogen-bond acceptors (Lipinski definition) is 7. The van der Waals surface area contributed by atoms with Crippen molar-refractivity contribution < 1.29 is 30.0 Å². The smallest absolute Gasteiger partial charge is 0.268 e. The minimum atomic E-state index is -4.00. The van der Waals surface area contributed by atoms with Crippen molar-refractivity contribution in [1.29, 1.82) is 0 Å². The lowest BCUT2D eigenvalue weighted by Gasteiger charge is -2.14. The summed E-state index contributed by atoms with van der Waals surface area (Å²) in [5.74, 6) is -0.568. The number of unbranched alkanes of at least 4 members (excludes halogenated alkanes) is 1. The minimum Gasteiger partial charge on any atom is -0.268 e. The molecule has 22 heavy (non-hydrogen) atoms. The van der Waals surface area contributed by atoms with E-state index < -0.39 is 26.3 Å². The van der Waals surface area contributed by atoms with E-state index in [0.717, 1.165) is 11.4 Å². The maximum atomic E-state index is 12.2. The molecule has 10 heteroatoms. The van der Waals surface area contributed by atoms with Crippen molar-refractivity contribution >= 4 is 26.3 Å². The first-order valence-corrected chi connectivity index (χ1v) is 9.18. The molecule has 0 aromatic heterocycles. The molecule has 1 aliphatic heterocycles. The van der Waals surface area contributed by atoms with E-state index in [4.69, 9.17) is 0 Å². The van der Waals surface area contributed by atoms with Crippen molar-refractivity contribution in [2.45, 2.75) is 17.7 Å².